The van der Waals surface area contributed by atoms with Crippen LogP contribution in [0.25, 0.3) is 0 Å². The molecule has 0 aliphatic rings. The van der Waals surface area contributed by atoms with Crippen LogP contribution in [0.4, 0.5) is 0 Å². The van der Waals surface area contributed by atoms with Crippen molar-refractivity contribution in [1.82, 2.24) is 10.2 Å². The summed E-state index contributed by atoms with van der Waals surface area (Å²) in [4.78, 5) is 1.96. The fraction of sp³-hybridized carbons (Fsp3) is 0.733. The van der Waals surface area contributed by atoms with Crippen LogP contribution in [-0.2, 0) is 22.9 Å². The molecule has 1 N–H and O–H groups in total. The molecule has 122 valence electrons. The largest absolute Gasteiger partial charge is 0.463 e. The van der Waals surface area contributed by atoms with Gasteiger partial charge in [-0.2, -0.15) is 0 Å². The number of aryl methyl sites for hydroxylation is 1. The Balaban J connectivity index is 2.49. The molecule has 0 bridgehead atoms. The third-order valence-corrected chi connectivity index (χ3v) is 4.10. The molecule has 0 radical (unpaired) electrons. The molecule has 0 aliphatic heterocycles. The van der Waals surface area contributed by atoms with Crippen molar-refractivity contribution in [2.45, 2.75) is 33.9 Å². The van der Waals surface area contributed by atoms with Crippen molar-refractivity contribution in [3.8, 4) is 0 Å². The second-order valence-electron chi connectivity index (χ2n) is 6.21. The number of sulfone groups is 1. The number of rotatable bonds is 9. The molecule has 1 heterocycles. The molecule has 0 aliphatic carbocycles. The van der Waals surface area contributed by atoms with Crippen LogP contribution in [0, 0.1) is 12.8 Å². The van der Waals surface area contributed by atoms with Crippen molar-refractivity contribution in [2.24, 2.45) is 5.92 Å². The van der Waals surface area contributed by atoms with E-state index in [2.05, 4.69) is 19.2 Å². The summed E-state index contributed by atoms with van der Waals surface area (Å²) in [6.07, 6.45) is 1.26. The van der Waals surface area contributed by atoms with Gasteiger partial charge in [0.15, 0.2) is 0 Å². The van der Waals surface area contributed by atoms with Gasteiger partial charge in [0, 0.05) is 12.8 Å². The molecular weight excluding hydrogens is 288 g/mol. The summed E-state index contributed by atoms with van der Waals surface area (Å²) in [5.74, 6) is 2.63. The van der Waals surface area contributed by atoms with E-state index >= 15 is 0 Å². The lowest BCUT2D eigenvalue weighted by atomic mass is 10.2. The molecule has 1 rings (SSSR count). The zero-order valence-corrected chi connectivity index (χ0v) is 14.6. The lowest BCUT2D eigenvalue weighted by Gasteiger charge is -2.14. The number of nitrogens with zero attached hydrogens (tertiary/aromatic N) is 1. The Labute approximate surface area is 128 Å². The molecule has 1 aromatic heterocycles. The first kappa shape index (κ1) is 18.2. The molecule has 0 spiro atoms. The number of furan rings is 1. The predicted octanol–water partition coefficient (Wildman–Crippen LogP) is 1.81. The fourth-order valence-electron chi connectivity index (χ4n) is 1.98. The van der Waals surface area contributed by atoms with Crippen molar-refractivity contribution >= 4 is 9.84 Å². The lowest BCUT2D eigenvalue weighted by Crippen LogP contribution is -2.24. The quantitative estimate of drug-likeness (QED) is 0.753. The molecule has 1 aromatic rings. The van der Waals surface area contributed by atoms with E-state index in [9.17, 15) is 8.42 Å². The van der Waals surface area contributed by atoms with Gasteiger partial charge in [0.1, 0.15) is 21.4 Å². The Kier molecular flexibility index (Phi) is 6.90. The van der Waals surface area contributed by atoms with E-state index in [0.29, 0.717) is 19.0 Å². The molecular formula is C15H28N2O3S. The first-order valence-electron chi connectivity index (χ1n) is 7.32. The monoisotopic (exact) mass is 316 g/mol. The van der Waals surface area contributed by atoms with Gasteiger partial charge < -0.3 is 9.73 Å². The average molecular weight is 316 g/mol. The summed E-state index contributed by atoms with van der Waals surface area (Å²) >= 11 is 0. The maximum Gasteiger partial charge on any atom is 0.148 e. The highest BCUT2D eigenvalue weighted by Crippen LogP contribution is 2.16. The third-order valence-electron chi connectivity index (χ3n) is 3.18. The van der Waals surface area contributed by atoms with Gasteiger partial charge in [-0.1, -0.05) is 13.8 Å². The molecule has 0 amide bonds. The Morgan fingerprint density at radius 2 is 2.05 bits per heavy atom. The zero-order chi connectivity index (χ0) is 16.0. The molecule has 6 heteroatoms. The van der Waals surface area contributed by atoms with Gasteiger partial charge in [0.05, 0.1) is 18.8 Å². The lowest BCUT2D eigenvalue weighted by molar-refractivity contribution is 0.302. The van der Waals surface area contributed by atoms with Crippen LogP contribution in [-0.4, -0.2) is 45.5 Å². The molecule has 0 aromatic carbocycles. The van der Waals surface area contributed by atoms with E-state index in [-0.39, 0.29) is 5.75 Å². The van der Waals surface area contributed by atoms with E-state index in [1.165, 1.54) is 6.26 Å². The van der Waals surface area contributed by atoms with E-state index in [1.807, 2.05) is 24.9 Å². The van der Waals surface area contributed by atoms with Crippen LogP contribution < -0.4 is 5.32 Å². The summed E-state index contributed by atoms with van der Waals surface area (Å²) in [7, 11) is -1.01. The highest BCUT2D eigenvalue weighted by atomic mass is 32.2. The minimum atomic E-state index is -2.92. The Morgan fingerprint density at radius 3 is 2.62 bits per heavy atom. The van der Waals surface area contributed by atoms with Crippen LogP contribution in [0.1, 0.15) is 30.9 Å². The van der Waals surface area contributed by atoms with Gasteiger partial charge in [-0.05, 0) is 38.1 Å². The second kappa shape index (κ2) is 7.96. The van der Waals surface area contributed by atoms with Gasteiger partial charge in [-0.15, -0.1) is 0 Å². The smallest absolute Gasteiger partial charge is 0.148 e. The normalized spacial score (nSPS) is 12.5. The maximum absolute atomic E-state index is 11.2. The Morgan fingerprint density at radius 1 is 1.38 bits per heavy atom. The second-order valence-corrected chi connectivity index (χ2v) is 8.47. The molecule has 5 nitrogen and oxygen atoms in total. The molecule has 0 atom stereocenters. The molecule has 0 saturated carbocycles. The fourth-order valence-corrected chi connectivity index (χ4v) is 2.63. The van der Waals surface area contributed by atoms with Gasteiger partial charge in [0.2, 0.25) is 0 Å². The minimum absolute atomic E-state index is 0.173. The van der Waals surface area contributed by atoms with E-state index in [0.717, 1.165) is 30.2 Å². The zero-order valence-electron chi connectivity index (χ0n) is 13.8. The minimum Gasteiger partial charge on any atom is -0.463 e. The Hall–Kier alpha value is -0.850. The van der Waals surface area contributed by atoms with E-state index in [4.69, 9.17) is 4.42 Å². The van der Waals surface area contributed by atoms with Crippen LogP contribution in [0.2, 0.25) is 0 Å². The summed E-state index contributed by atoms with van der Waals surface area (Å²) < 4.78 is 28.2. The van der Waals surface area contributed by atoms with Gasteiger partial charge >= 0.3 is 0 Å². The van der Waals surface area contributed by atoms with Crippen molar-refractivity contribution in [2.75, 3.05) is 32.1 Å². The standard InChI is InChI=1S/C15H28N2O3S/c1-12(2)9-16-10-15-13(3)8-14(20-15)11-17(4)6-7-21(5,18)19/h8,12,16H,6-7,9-11H2,1-5H3. The van der Waals surface area contributed by atoms with Crippen LogP contribution >= 0.6 is 0 Å². The van der Waals surface area contributed by atoms with Gasteiger partial charge in [-0.3, -0.25) is 4.90 Å². The molecule has 0 fully saturated rings. The van der Waals surface area contributed by atoms with E-state index in [1.54, 1.807) is 0 Å². The van der Waals surface area contributed by atoms with Crippen LogP contribution in [0.5, 0.6) is 0 Å². The Bertz CT molecular complexity index is 535. The van der Waals surface area contributed by atoms with Gasteiger partial charge in [0.25, 0.3) is 0 Å². The summed E-state index contributed by atoms with van der Waals surface area (Å²) in [6.45, 7) is 9.21. The highest BCUT2D eigenvalue weighted by Gasteiger charge is 2.11. The predicted molar refractivity (Wildman–Crippen MR) is 86.0 cm³/mol. The van der Waals surface area contributed by atoms with Crippen molar-refractivity contribution in [3.05, 3.63) is 23.2 Å². The first-order valence-corrected chi connectivity index (χ1v) is 9.38. The van der Waals surface area contributed by atoms with E-state index < -0.39 is 9.84 Å². The number of hydrogen-bond acceptors (Lipinski definition) is 5. The maximum atomic E-state index is 11.2. The van der Waals surface area contributed by atoms with Crippen LogP contribution in [0.15, 0.2) is 10.5 Å². The molecule has 0 saturated heterocycles. The number of nitrogens with one attached hydrogen (secondary N) is 1. The molecule has 21 heavy (non-hydrogen) atoms. The molecule has 0 unspecified atom stereocenters. The first-order chi connectivity index (χ1) is 9.67. The summed E-state index contributed by atoms with van der Waals surface area (Å²) in [5, 5.41) is 3.37. The van der Waals surface area contributed by atoms with Gasteiger partial charge in [-0.25, -0.2) is 8.42 Å². The summed E-state index contributed by atoms with van der Waals surface area (Å²) in [5.41, 5.74) is 1.14. The van der Waals surface area contributed by atoms with Crippen molar-refractivity contribution in [1.29, 1.82) is 0 Å². The third kappa shape index (κ3) is 7.64. The van der Waals surface area contributed by atoms with Crippen molar-refractivity contribution in [3.63, 3.8) is 0 Å². The average Bonchev–Trinajstić information content (AvgIpc) is 2.66. The van der Waals surface area contributed by atoms with Crippen LogP contribution in [0.3, 0.4) is 0 Å². The highest BCUT2D eigenvalue weighted by molar-refractivity contribution is 7.90. The number of hydrogen-bond donors (Lipinski definition) is 1. The topological polar surface area (TPSA) is 62.6 Å². The summed E-state index contributed by atoms with van der Waals surface area (Å²) in [6, 6.07) is 2.03. The van der Waals surface area contributed by atoms with Crippen molar-refractivity contribution < 1.29 is 12.8 Å². The SMILES string of the molecule is Cc1cc(CN(C)CCS(C)(=O)=O)oc1CNCC(C)C.